The van der Waals surface area contributed by atoms with Crippen molar-refractivity contribution in [1.82, 2.24) is 10.2 Å². The van der Waals surface area contributed by atoms with Gasteiger partial charge in [-0.05, 0) is 64.3 Å². The first-order chi connectivity index (χ1) is 11.5. The van der Waals surface area contributed by atoms with E-state index in [0.717, 1.165) is 25.2 Å². The third kappa shape index (κ3) is 5.13. The summed E-state index contributed by atoms with van der Waals surface area (Å²) in [4.78, 5) is 2.44. The summed E-state index contributed by atoms with van der Waals surface area (Å²) in [6.45, 7) is 8.84. The first-order valence-corrected chi connectivity index (χ1v) is 10.2. The lowest BCUT2D eigenvalue weighted by Gasteiger charge is -2.45. The van der Waals surface area contributed by atoms with Crippen molar-refractivity contribution < 1.29 is 0 Å². The van der Waals surface area contributed by atoms with Gasteiger partial charge in [0.2, 0.25) is 0 Å². The van der Waals surface area contributed by atoms with E-state index in [1.54, 1.807) is 0 Å². The van der Waals surface area contributed by atoms with Crippen LogP contribution < -0.4 is 16.8 Å². The molecule has 140 valence electrons. The Kier molecular flexibility index (Phi) is 7.42. The van der Waals surface area contributed by atoms with Gasteiger partial charge in [-0.1, -0.05) is 26.2 Å². The fourth-order valence-electron chi connectivity index (χ4n) is 4.57. The summed E-state index contributed by atoms with van der Waals surface area (Å²) in [6, 6.07) is 1.45. The highest BCUT2D eigenvalue weighted by molar-refractivity contribution is 5.11. The van der Waals surface area contributed by atoms with E-state index < -0.39 is 0 Å². The van der Waals surface area contributed by atoms with Crippen molar-refractivity contribution in [3.05, 3.63) is 11.9 Å². The van der Waals surface area contributed by atoms with Crippen LogP contribution in [0.5, 0.6) is 0 Å². The Bertz CT molecular complexity index is 402. The summed E-state index contributed by atoms with van der Waals surface area (Å²) in [6.07, 6.45) is 13.7. The fourth-order valence-corrected chi connectivity index (χ4v) is 4.57. The maximum absolute atomic E-state index is 6.39. The van der Waals surface area contributed by atoms with Gasteiger partial charge in [-0.15, -0.1) is 0 Å². The minimum atomic E-state index is 0.338. The molecule has 2 aliphatic rings. The van der Waals surface area contributed by atoms with E-state index in [2.05, 4.69) is 37.2 Å². The van der Waals surface area contributed by atoms with Crippen molar-refractivity contribution in [2.24, 2.45) is 16.9 Å². The normalized spacial score (nSPS) is 25.8. The molecule has 0 amide bonds. The maximum atomic E-state index is 6.39. The number of rotatable bonds is 10. The van der Waals surface area contributed by atoms with Gasteiger partial charge in [0, 0.05) is 30.5 Å². The Labute approximate surface area is 149 Å². The molecule has 0 aromatic carbocycles. The second kappa shape index (κ2) is 9.10. The molecule has 1 fully saturated rings. The first-order valence-electron chi connectivity index (χ1n) is 10.2. The highest BCUT2D eigenvalue weighted by Gasteiger charge is 2.37. The predicted octanol–water partition coefficient (Wildman–Crippen LogP) is 3.33. The fraction of sp³-hybridized carbons (Fsp3) is 0.900. The van der Waals surface area contributed by atoms with E-state index in [1.807, 2.05) is 0 Å². The maximum Gasteiger partial charge on any atom is 0.0501 e. The van der Waals surface area contributed by atoms with Gasteiger partial charge in [-0.3, -0.25) is 0 Å². The zero-order chi connectivity index (χ0) is 17.6. The van der Waals surface area contributed by atoms with E-state index >= 15 is 0 Å². The highest BCUT2D eigenvalue weighted by Crippen LogP contribution is 2.47. The summed E-state index contributed by atoms with van der Waals surface area (Å²) in [5.41, 5.74) is 13.7. The molecule has 2 rings (SSSR count). The summed E-state index contributed by atoms with van der Waals surface area (Å²) in [5, 5.41) is 3.79. The van der Waals surface area contributed by atoms with Crippen molar-refractivity contribution in [2.45, 2.75) is 96.7 Å². The average Bonchev–Trinajstić information content (AvgIpc) is 2.52. The molecule has 4 nitrogen and oxygen atoms in total. The van der Waals surface area contributed by atoms with Crippen molar-refractivity contribution >= 4 is 0 Å². The van der Waals surface area contributed by atoms with Crippen LogP contribution in [-0.4, -0.2) is 36.1 Å². The van der Waals surface area contributed by atoms with Crippen LogP contribution in [0, 0.1) is 5.41 Å². The van der Waals surface area contributed by atoms with E-state index in [-0.39, 0.29) is 0 Å². The average molecular weight is 337 g/mol. The van der Waals surface area contributed by atoms with Crippen LogP contribution in [0.3, 0.4) is 0 Å². The van der Waals surface area contributed by atoms with Gasteiger partial charge in [-0.25, -0.2) is 0 Å². The lowest BCUT2D eigenvalue weighted by Crippen LogP contribution is -2.48. The van der Waals surface area contributed by atoms with Crippen LogP contribution in [0.1, 0.15) is 78.6 Å². The molecule has 0 aromatic rings. The summed E-state index contributed by atoms with van der Waals surface area (Å²) in [7, 11) is 0. The van der Waals surface area contributed by atoms with Gasteiger partial charge in [-0.2, -0.15) is 0 Å². The molecule has 3 unspecified atom stereocenters. The van der Waals surface area contributed by atoms with Crippen molar-refractivity contribution in [3.63, 3.8) is 0 Å². The van der Waals surface area contributed by atoms with Crippen LogP contribution in [0.15, 0.2) is 11.9 Å². The number of hydrogen-bond donors (Lipinski definition) is 3. The van der Waals surface area contributed by atoms with Crippen molar-refractivity contribution in [2.75, 3.05) is 13.1 Å². The predicted molar refractivity (Wildman–Crippen MR) is 104 cm³/mol. The molecule has 4 heteroatoms. The molecular formula is C20H40N4. The molecule has 1 saturated carbocycles. The van der Waals surface area contributed by atoms with Crippen molar-refractivity contribution in [1.29, 1.82) is 0 Å². The number of hydrogen-bond acceptors (Lipinski definition) is 4. The van der Waals surface area contributed by atoms with Crippen LogP contribution in [0.4, 0.5) is 0 Å². The molecule has 0 bridgehead atoms. The van der Waals surface area contributed by atoms with E-state index in [9.17, 15) is 0 Å². The highest BCUT2D eigenvalue weighted by atomic mass is 15.2. The van der Waals surface area contributed by atoms with Crippen LogP contribution in [0.2, 0.25) is 0 Å². The Balaban J connectivity index is 1.83. The van der Waals surface area contributed by atoms with Gasteiger partial charge in [0.1, 0.15) is 0 Å². The van der Waals surface area contributed by atoms with Gasteiger partial charge in [0.05, 0.1) is 6.04 Å². The van der Waals surface area contributed by atoms with Gasteiger partial charge in [0.15, 0.2) is 0 Å². The summed E-state index contributed by atoms with van der Waals surface area (Å²) in [5.74, 6) is 0. The van der Waals surface area contributed by atoms with E-state index in [4.69, 9.17) is 11.5 Å². The number of nitrogens with zero attached hydrogens (tertiary/aromatic N) is 1. The first kappa shape index (κ1) is 19.6. The quantitative estimate of drug-likeness (QED) is 0.572. The molecule has 0 spiro atoms. The lowest BCUT2D eigenvalue weighted by molar-refractivity contribution is 0.0928. The SMILES string of the molecule is CCCCC(C)N1C=C(N)C(NC(C)CC2(CCN)CCC2)CC1. The number of nitrogens with two attached hydrogens (primary N) is 2. The third-order valence-corrected chi connectivity index (χ3v) is 6.25. The zero-order valence-electron chi connectivity index (χ0n) is 16.2. The Morgan fingerprint density at radius 3 is 2.67 bits per heavy atom. The standard InChI is InChI=1S/C20H40N4/c1-4-5-7-17(3)24-13-8-19(18(22)15-24)23-16(2)14-20(11-12-21)9-6-10-20/h15-17,19,23H,4-14,21-22H2,1-3H3. The van der Waals surface area contributed by atoms with Crippen LogP contribution in [0.25, 0.3) is 0 Å². The van der Waals surface area contributed by atoms with Gasteiger partial charge < -0.3 is 21.7 Å². The Morgan fingerprint density at radius 2 is 2.12 bits per heavy atom. The molecule has 3 atom stereocenters. The Hall–Kier alpha value is -0.740. The molecule has 24 heavy (non-hydrogen) atoms. The molecule has 0 saturated heterocycles. The number of nitrogens with one attached hydrogen (secondary N) is 1. The molecule has 1 heterocycles. The molecule has 1 aliphatic heterocycles. The summed E-state index contributed by atoms with van der Waals surface area (Å²) >= 11 is 0. The molecule has 0 radical (unpaired) electrons. The zero-order valence-corrected chi connectivity index (χ0v) is 16.2. The van der Waals surface area contributed by atoms with Crippen LogP contribution in [-0.2, 0) is 0 Å². The largest absolute Gasteiger partial charge is 0.400 e. The number of unbranched alkanes of at least 4 members (excludes halogenated alkanes) is 1. The minimum Gasteiger partial charge on any atom is -0.400 e. The summed E-state index contributed by atoms with van der Waals surface area (Å²) < 4.78 is 0. The monoisotopic (exact) mass is 336 g/mol. The van der Waals surface area contributed by atoms with Gasteiger partial charge >= 0.3 is 0 Å². The third-order valence-electron chi connectivity index (χ3n) is 6.25. The molecular weight excluding hydrogens is 296 g/mol. The second-order valence-corrected chi connectivity index (χ2v) is 8.36. The topological polar surface area (TPSA) is 67.3 Å². The van der Waals surface area contributed by atoms with Crippen molar-refractivity contribution in [3.8, 4) is 0 Å². The smallest absolute Gasteiger partial charge is 0.0501 e. The Morgan fingerprint density at radius 1 is 1.38 bits per heavy atom. The molecule has 1 aliphatic carbocycles. The molecule has 0 aromatic heterocycles. The van der Waals surface area contributed by atoms with Gasteiger partial charge in [0.25, 0.3) is 0 Å². The lowest BCUT2D eigenvalue weighted by atomic mass is 9.63. The van der Waals surface area contributed by atoms with E-state index in [1.165, 1.54) is 51.4 Å². The van der Waals surface area contributed by atoms with Crippen LogP contribution >= 0.6 is 0 Å². The van der Waals surface area contributed by atoms with E-state index in [0.29, 0.717) is 23.5 Å². The minimum absolute atomic E-state index is 0.338. The second-order valence-electron chi connectivity index (χ2n) is 8.36. The molecule has 5 N–H and O–H groups in total.